The van der Waals surface area contributed by atoms with Gasteiger partial charge in [0, 0.05) is 18.7 Å². The summed E-state index contributed by atoms with van der Waals surface area (Å²) in [6.45, 7) is 0.554. The third-order valence-electron chi connectivity index (χ3n) is 4.01. The Hall–Kier alpha value is -4.03. The number of hydrogen-bond donors (Lipinski definition) is 4. The number of hydrogen-bond acceptors (Lipinski definition) is 8. The van der Waals surface area contributed by atoms with Crippen LogP contribution in [0, 0.1) is 10.1 Å². The monoisotopic (exact) mass is 449 g/mol. The minimum absolute atomic E-state index is 0. The summed E-state index contributed by atoms with van der Waals surface area (Å²) in [6.07, 6.45) is 0. The molecule has 5 N–H and O–H groups in total. The molecule has 31 heavy (non-hydrogen) atoms. The van der Waals surface area contributed by atoms with Gasteiger partial charge < -0.3 is 25.9 Å². The van der Waals surface area contributed by atoms with E-state index in [4.69, 9.17) is 15.6 Å². The van der Waals surface area contributed by atoms with Crippen molar-refractivity contribution in [2.75, 3.05) is 11.9 Å². The highest BCUT2D eigenvalue weighted by molar-refractivity contribution is 5.95. The van der Waals surface area contributed by atoms with Crippen LogP contribution in [0.2, 0.25) is 0 Å². The first kappa shape index (κ1) is 23.3. The SMILES string of the molecule is Cl.NCc1ccc2c(c1)NC(=O)CO2.O=C(O)c1nc2ccc([N+](=O)[O-])cc2c(=O)[nH]1. The van der Waals surface area contributed by atoms with E-state index < -0.39 is 22.3 Å². The van der Waals surface area contributed by atoms with Crippen LogP contribution in [0.5, 0.6) is 5.75 Å². The smallest absolute Gasteiger partial charge is 0.372 e. The largest absolute Gasteiger partial charge is 0.482 e. The van der Waals surface area contributed by atoms with Crippen molar-refractivity contribution in [3.05, 3.63) is 68.3 Å². The molecule has 1 aliphatic rings. The summed E-state index contributed by atoms with van der Waals surface area (Å²) in [5, 5.41) is 21.9. The van der Waals surface area contributed by atoms with Crippen LogP contribution in [-0.4, -0.2) is 38.5 Å². The normalized spacial score (nSPS) is 11.7. The molecule has 0 atom stereocenters. The zero-order valence-electron chi connectivity index (χ0n) is 15.7. The second-order valence-electron chi connectivity index (χ2n) is 6.05. The first-order chi connectivity index (χ1) is 14.3. The lowest BCUT2D eigenvalue weighted by Gasteiger charge is -2.18. The highest BCUT2D eigenvalue weighted by Gasteiger charge is 2.15. The van der Waals surface area contributed by atoms with Crippen LogP contribution in [0.3, 0.4) is 0 Å². The molecule has 0 aliphatic carbocycles. The Morgan fingerprint density at radius 1 is 1.26 bits per heavy atom. The Labute approximate surface area is 179 Å². The van der Waals surface area contributed by atoms with Crippen LogP contribution < -0.4 is 21.3 Å². The number of rotatable bonds is 3. The molecule has 162 valence electrons. The van der Waals surface area contributed by atoms with Crippen LogP contribution in [0.4, 0.5) is 11.4 Å². The topological polar surface area (TPSA) is 191 Å². The molecule has 13 heteroatoms. The highest BCUT2D eigenvalue weighted by Crippen LogP contribution is 2.28. The minimum atomic E-state index is -1.37. The third kappa shape index (κ3) is 5.32. The van der Waals surface area contributed by atoms with Crippen LogP contribution in [0.25, 0.3) is 10.9 Å². The molecule has 2 heterocycles. The molecule has 1 aliphatic heterocycles. The van der Waals surface area contributed by atoms with Crippen LogP contribution in [0.1, 0.15) is 16.2 Å². The third-order valence-corrected chi connectivity index (χ3v) is 4.01. The van der Waals surface area contributed by atoms with Crippen molar-refractivity contribution in [1.29, 1.82) is 0 Å². The number of aromatic carboxylic acids is 1. The molecular formula is C18H16ClN5O7. The summed E-state index contributed by atoms with van der Waals surface area (Å²) in [5.74, 6) is -1.29. The molecule has 1 aromatic heterocycles. The van der Waals surface area contributed by atoms with Crippen molar-refractivity contribution in [1.82, 2.24) is 9.97 Å². The van der Waals surface area contributed by atoms with E-state index in [1.165, 1.54) is 6.07 Å². The van der Waals surface area contributed by atoms with Crippen LogP contribution in [-0.2, 0) is 11.3 Å². The summed E-state index contributed by atoms with van der Waals surface area (Å²) in [4.78, 5) is 48.6. The van der Waals surface area contributed by atoms with Crippen molar-refractivity contribution in [2.45, 2.75) is 6.54 Å². The molecule has 0 spiro atoms. The van der Waals surface area contributed by atoms with Gasteiger partial charge in [0.25, 0.3) is 17.2 Å². The number of ether oxygens (including phenoxy) is 1. The van der Waals surface area contributed by atoms with Gasteiger partial charge in [-0.15, -0.1) is 12.4 Å². The minimum Gasteiger partial charge on any atom is -0.482 e. The summed E-state index contributed by atoms with van der Waals surface area (Å²) >= 11 is 0. The Kier molecular flexibility index (Phi) is 7.24. The molecule has 12 nitrogen and oxygen atoms in total. The highest BCUT2D eigenvalue weighted by atomic mass is 35.5. The predicted octanol–water partition coefficient (Wildman–Crippen LogP) is 1.43. The number of H-pyrrole nitrogens is 1. The van der Waals surface area contributed by atoms with Crippen molar-refractivity contribution in [2.24, 2.45) is 5.73 Å². The van der Waals surface area contributed by atoms with E-state index in [2.05, 4.69) is 10.3 Å². The number of benzene rings is 2. The van der Waals surface area contributed by atoms with Gasteiger partial charge in [-0.2, -0.15) is 0 Å². The number of fused-ring (bicyclic) bond motifs is 2. The number of non-ortho nitro benzene ring substituents is 1. The maximum absolute atomic E-state index is 11.5. The van der Waals surface area contributed by atoms with Gasteiger partial charge in [0.15, 0.2) is 6.61 Å². The number of carboxylic acid groups (broad SMARTS) is 1. The fraction of sp³-hybridized carbons (Fsp3) is 0.111. The Balaban J connectivity index is 0.000000220. The fourth-order valence-electron chi connectivity index (χ4n) is 2.60. The number of aromatic amines is 1. The van der Waals surface area contributed by atoms with Crippen LogP contribution in [0.15, 0.2) is 41.2 Å². The number of nitrogens with one attached hydrogen (secondary N) is 2. The lowest BCUT2D eigenvalue weighted by Crippen LogP contribution is -2.25. The molecule has 0 fully saturated rings. The number of carbonyl (C=O) groups excluding carboxylic acids is 1. The number of amides is 1. The molecule has 2 aromatic carbocycles. The number of nitrogens with two attached hydrogens (primary N) is 1. The standard InChI is InChI=1S/C9H5N3O5.C9H10N2O2.ClH/c13-8-5-3-4(12(16)17)1-2-6(5)10-7(11-8)9(14)15;10-4-6-1-2-8-7(3-6)11-9(12)5-13-8;/h1-3H,(H,14,15)(H,10,11,13);1-3H,4-5,10H2,(H,11,12);1H. The molecular weight excluding hydrogens is 434 g/mol. The van der Waals surface area contributed by atoms with E-state index in [-0.39, 0.29) is 41.5 Å². The van der Waals surface area contributed by atoms with Gasteiger partial charge >= 0.3 is 5.97 Å². The van der Waals surface area contributed by atoms with E-state index in [1.54, 1.807) is 0 Å². The van der Waals surface area contributed by atoms with E-state index in [0.717, 1.165) is 17.7 Å². The average molecular weight is 450 g/mol. The summed E-state index contributed by atoms with van der Waals surface area (Å²) in [7, 11) is 0. The zero-order chi connectivity index (χ0) is 21.8. The quantitative estimate of drug-likeness (QED) is 0.338. The number of aromatic nitrogens is 2. The Morgan fingerprint density at radius 3 is 2.65 bits per heavy atom. The predicted molar refractivity (Wildman–Crippen MR) is 112 cm³/mol. The van der Waals surface area contributed by atoms with Crippen molar-refractivity contribution in [3.63, 3.8) is 0 Å². The number of carbonyl (C=O) groups is 2. The molecule has 0 saturated heterocycles. The fourth-order valence-corrected chi connectivity index (χ4v) is 2.60. The maximum atomic E-state index is 11.5. The maximum Gasteiger partial charge on any atom is 0.372 e. The summed E-state index contributed by atoms with van der Waals surface area (Å²) in [5.41, 5.74) is 6.26. The number of nitro groups is 1. The Bertz CT molecular complexity index is 1230. The molecule has 0 unspecified atom stereocenters. The summed E-state index contributed by atoms with van der Waals surface area (Å²) < 4.78 is 5.18. The first-order valence-electron chi connectivity index (χ1n) is 8.46. The number of nitro benzene ring substituents is 1. The molecule has 4 rings (SSSR count). The zero-order valence-corrected chi connectivity index (χ0v) is 16.5. The second-order valence-corrected chi connectivity index (χ2v) is 6.05. The number of carboxylic acids is 1. The summed E-state index contributed by atoms with van der Waals surface area (Å²) in [6, 6.07) is 8.96. The number of halogens is 1. The van der Waals surface area contributed by atoms with Gasteiger partial charge in [0.05, 0.1) is 21.5 Å². The first-order valence-corrected chi connectivity index (χ1v) is 8.46. The van der Waals surface area contributed by atoms with Gasteiger partial charge in [-0.3, -0.25) is 19.7 Å². The number of anilines is 1. The van der Waals surface area contributed by atoms with E-state index in [1.807, 2.05) is 23.2 Å². The molecule has 1 amide bonds. The van der Waals surface area contributed by atoms with E-state index >= 15 is 0 Å². The van der Waals surface area contributed by atoms with Gasteiger partial charge in [0.2, 0.25) is 5.82 Å². The van der Waals surface area contributed by atoms with Crippen molar-refractivity contribution >= 4 is 46.6 Å². The molecule has 0 saturated carbocycles. The number of nitrogens with zero attached hydrogens (tertiary/aromatic N) is 2. The van der Waals surface area contributed by atoms with E-state index in [9.17, 15) is 24.5 Å². The van der Waals surface area contributed by atoms with Crippen LogP contribution >= 0.6 is 12.4 Å². The molecule has 3 aromatic rings. The lowest BCUT2D eigenvalue weighted by atomic mass is 10.1. The van der Waals surface area contributed by atoms with Gasteiger partial charge in [-0.1, -0.05) is 6.07 Å². The van der Waals surface area contributed by atoms with Crippen molar-refractivity contribution < 1.29 is 24.4 Å². The van der Waals surface area contributed by atoms with E-state index in [0.29, 0.717) is 18.0 Å². The average Bonchev–Trinajstić information content (AvgIpc) is 2.73. The van der Waals surface area contributed by atoms with Crippen molar-refractivity contribution in [3.8, 4) is 5.75 Å². The molecule has 0 bridgehead atoms. The van der Waals surface area contributed by atoms with Gasteiger partial charge in [-0.25, -0.2) is 9.78 Å². The van der Waals surface area contributed by atoms with Gasteiger partial charge in [0.1, 0.15) is 5.75 Å². The second kappa shape index (κ2) is 9.65. The van der Waals surface area contributed by atoms with Gasteiger partial charge in [-0.05, 0) is 23.8 Å². The lowest BCUT2D eigenvalue weighted by molar-refractivity contribution is -0.384. The molecule has 0 radical (unpaired) electrons. The Morgan fingerprint density at radius 2 is 2.00 bits per heavy atom.